The molecule has 0 spiro atoms. The quantitative estimate of drug-likeness (QED) is 0.129. The van der Waals surface area contributed by atoms with Crippen LogP contribution in [0.2, 0.25) is 0 Å². The zero-order valence-electron chi connectivity index (χ0n) is 20.6. The van der Waals surface area contributed by atoms with Crippen molar-refractivity contribution in [3.8, 4) is 39.9 Å². The third-order valence-corrected chi connectivity index (χ3v) is 7.46. The molecule has 0 saturated heterocycles. The molecule has 5 aromatic carbocycles. The molecular formula is C31H24FNO5. The van der Waals surface area contributed by atoms with Gasteiger partial charge < -0.3 is 30.4 Å². The van der Waals surface area contributed by atoms with E-state index in [0.717, 1.165) is 33.0 Å². The topological polar surface area (TPSA) is 104 Å². The molecule has 1 aliphatic carbocycles. The molecule has 5 N–H and O–H groups in total. The number of phenolic OH excluding ortho intramolecular Hbond substituents is 5. The summed E-state index contributed by atoms with van der Waals surface area (Å²) < 4.78 is 14.2. The van der Waals surface area contributed by atoms with Gasteiger partial charge in [-0.15, -0.1) is 0 Å². The summed E-state index contributed by atoms with van der Waals surface area (Å²) in [5.74, 6) is -4.91. The third kappa shape index (κ3) is 3.18. The van der Waals surface area contributed by atoms with Crippen LogP contribution in [0.25, 0.3) is 21.9 Å². The number of anilines is 3. The lowest BCUT2D eigenvalue weighted by Gasteiger charge is -2.30. The summed E-state index contributed by atoms with van der Waals surface area (Å²) in [4.78, 5) is 1.52. The van der Waals surface area contributed by atoms with Crippen molar-refractivity contribution in [3.63, 3.8) is 0 Å². The zero-order valence-corrected chi connectivity index (χ0v) is 20.6. The van der Waals surface area contributed by atoms with Gasteiger partial charge in [-0.25, -0.2) is 4.39 Å². The van der Waals surface area contributed by atoms with Crippen LogP contribution in [0, 0.1) is 5.82 Å². The van der Waals surface area contributed by atoms with E-state index in [4.69, 9.17) is 0 Å². The number of fused-ring (bicyclic) bond motifs is 4. The van der Waals surface area contributed by atoms with Gasteiger partial charge in [-0.05, 0) is 58.0 Å². The lowest BCUT2D eigenvalue weighted by molar-refractivity contribution is 0.329. The molecule has 0 aliphatic heterocycles. The van der Waals surface area contributed by atoms with Crippen LogP contribution in [-0.4, -0.2) is 25.5 Å². The highest BCUT2D eigenvalue weighted by atomic mass is 19.1. The Morgan fingerprint density at radius 3 is 1.92 bits per heavy atom. The molecule has 5 aromatic rings. The fraction of sp³-hybridized carbons (Fsp3) is 0.0968. The second-order valence-corrected chi connectivity index (χ2v) is 9.97. The normalized spacial score (nSPS) is 13.3. The number of rotatable bonds is 3. The van der Waals surface area contributed by atoms with E-state index in [1.807, 2.05) is 62.4 Å². The van der Waals surface area contributed by atoms with Gasteiger partial charge in [-0.2, -0.15) is 0 Å². The SMILES string of the molecule is CC1(C)c2cc(F)ccc2-c2ccc(N(c3c(O)c(O)c(O)c(O)c3O)c3cccc4ccccc34)cc21. The summed E-state index contributed by atoms with van der Waals surface area (Å²) in [6, 6.07) is 23.3. The summed E-state index contributed by atoms with van der Waals surface area (Å²) in [5, 5.41) is 54.4. The fourth-order valence-electron chi connectivity index (χ4n) is 5.51. The molecular weight excluding hydrogens is 485 g/mol. The van der Waals surface area contributed by atoms with Gasteiger partial charge in [0.25, 0.3) is 0 Å². The summed E-state index contributed by atoms with van der Waals surface area (Å²) >= 11 is 0. The van der Waals surface area contributed by atoms with Crippen molar-refractivity contribution in [1.82, 2.24) is 0 Å². The van der Waals surface area contributed by atoms with Crippen molar-refractivity contribution in [2.45, 2.75) is 19.3 Å². The minimum absolute atomic E-state index is 0.312. The van der Waals surface area contributed by atoms with Crippen molar-refractivity contribution < 1.29 is 29.9 Å². The Labute approximate surface area is 217 Å². The molecule has 7 heteroatoms. The molecule has 0 aromatic heterocycles. The number of benzene rings is 5. The van der Waals surface area contributed by atoms with Crippen LogP contribution in [0.5, 0.6) is 28.7 Å². The van der Waals surface area contributed by atoms with Gasteiger partial charge in [-0.3, -0.25) is 0 Å². The third-order valence-electron chi connectivity index (χ3n) is 7.46. The second kappa shape index (κ2) is 8.05. The van der Waals surface area contributed by atoms with Crippen LogP contribution in [-0.2, 0) is 5.41 Å². The van der Waals surface area contributed by atoms with Crippen LogP contribution >= 0.6 is 0 Å². The van der Waals surface area contributed by atoms with E-state index in [1.165, 1.54) is 17.0 Å². The minimum atomic E-state index is -1.03. The first-order valence-electron chi connectivity index (χ1n) is 12.0. The summed E-state index contributed by atoms with van der Waals surface area (Å²) in [6.45, 7) is 3.99. The highest BCUT2D eigenvalue weighted by Gasteiger charge is 2.37. The zero-order chi connectivity index (χ0) is 26.9. The standard InChI is InChI=1S/C31H24FNO5/c1-31(2)22-14-17(32)10-12-20(22)21-13-11-18(15-23(21)31)33(24-9-5-7-16-6-3-4-8-19(16)24)25-26(34)28(36)30(38)29(37)27(25)35/h3-15,34-38H,1-2H3. The van der Waals surface area contributed by atoms with Crippen LogP contribution in [0.4, 0.5) is 21.5 Å². The summed E-state index contributed by atoms with van der Waals surface area (Å²) in [5.41, 5.74) is 3.74. The largest absolute Gasteiger partial charge is 0.503 e. The van der Waals surface area contributed by atoms with Gasteiger partial charge >= 0.3 is 0 Å². The first kappa shape index (κ1) is 23.5. The van der Waals surface area contributed by atoms with E-state index in [-0.39, 0.29) is 11.5 Å². The van der Waals surface area contributed by atoms with Crippen molar-refractivity contribution >= 4 is 27.8 Å². The Hall–Kier alpha value is -4.91. The van der Waals surface area contributed by atoms with Crippen LogP contribution in [0.3, 0.4) is 0 Å². The van der Waals surface area contributed by atoms with Crippen molar-refractivity contribution in [3.05, 3.63) is 95.8 Å². The van der Waals surface area contributed by atoms with Gasteiger partial charge in [0.1, 0.15) is 11.5 Å². The molecule has 0 atom stereocenters. The molecule has 0 heterocycles. The first-order chi connectivity index (χ1) is 18.1. The lowest BCUT2D eigenvalue weighted by Crippen LogP contribution is -2.17. The summed E-state index contributed by atoms with van der Waals surface area (Å²) in [7, 11) is 0. The summed E-state index contributed by atoms with van der Waals surface area (Å²) in [6.07, 6.45) is 0. The Morgan fingerprint density at radius 2 is 1.21 bits per heavy atom. The van der Waals surface area contributed by atoms with Crippen molar-refractivity contribution in [2.75, 3.05) is 4.90 Å². The van der Waals surface area contributed by atoms with E-state index in [2.05, 4.69) is 0 Å². The van der Waals surface area contributed by atoms with Crippen molar-refractivity contribution in [1.29, 1.82) is 0 Å². The van der Waals surface area contributed by atoms with E-state index < -0.39 is 34.2 Å². The second-order valence-electron chi connectivity index (χ2n) is 9.97. The molecule has 0 bridgehead atoms. The number of hydrogen-bond donors (Lipinski definition) is 5. The monoisotopic (exact) mass is 509 g/mol. The Morgan fingerprint density at radius 1 is 0.632 bits per heavy atom. The van der Waals surface area contributed by atoms with Gasteiger partial charge in [0.05, 0.1) is 5.69 Å². The van der Waals surface area contributed by atoms with E-state index in [9.17, 15) is 29.9 Å². The Balaban J connectivity index is 1.67. The molecule has 6 nitrogen and oxygen atoms in total. The smallest absolute Gasteiger partial charge is 0.208 e. The van der Waals surface area contributed by atoms with Crippen LogP contribution < -0.4 is 4.90 Å². The average molecular weight is 510 g/mol. The highest BCUT2D eigenvalue weighted by molar-refractivity contribution is 6.02. The maximum Gasteiger partial charge on any atom is 0.208 e. The predicted octanol–water partition coefficient (Wildman–Crippen LogP) is 7.28. The Bertz CT molecular complexity index is 1740. The molecule has 38 heavy (non-hydrogen) atoms. The number of halogens is 1. The van der Waals surface area contributed by atoms with E-state index in [1.54, 1.807) is 18.2 Å². The molecule has 6 rings (SSSR count). The molecule has 0 unspecified atom stereocenters. The average Bonchev–Trinajstić information content (AvgIpc) is 3.14. The number of nitrogens with zero attached hydrogens (tertiary/aromatic N) is 1. The van der Waals surface area contributed by atoms with Crippen LogP contribution in [0.15, 0.2) is 78.9 Å². The maximum absolute atomic E-state index is 14.2. The Kier molecular flexibility index (Phi) is 4.97. The number of aromatic hydroxyl groups is 5. The van der Waals surface area contributed by atoms with Gasteiger partial charge in [0.15, 0.2) is 11.5 Å². The van der Waals surface area contributed by atoms with Gasteiger partial charge in [0, 0.05) is 16.5 Å². The van der Waals surface area contributed by atoms with E-state index in [0.29, 0.717) is 11.4 Å². The van der Waals surface area contributed by atoms with Gasteiger partial charge in [-0.1, -0.05) is 62.4 Å². The minimum Gasteiger partial charge on any atom is -0.503 e. The molecule has 0 saturated carbocycles. The molecule has 190 valence electrons. The van der Waals surface area contributed by atoms with Crippen LogP contribution in [0.1, 0.15) is 25.0 Å². The molecule has 1 aliphatic rings. The molecule has 0 amide bonds. The first-order valence-corrected chi connectivity index (χ1v) is 12.0. The van der Waals surface area contributed by atoms with Gasteiger partial charge in [0.2, 0.25) is 17.2 Å². The van der Waals surface area contributed by atoms with Crippen molar-refractivity contribution in [2.24, 2.45) is 0 Å². The fourth-order valence-corrected chi connectivity index (χ4v) is 5.51. The number of hydrogen-bond acceptors (Lipinski definition) is 6. The van der Waals surface area contributed by atoms with E-state index >= 15 is 0 Å². The number of phenols is 5. The lowest BCUT2D eigenvalue weighted by atomic mass is 9.82. The molecule has 0 radical (unpaired) electrons. The maximum atomic E-state index is 14.2. The molecule has 0 fully saturated rings. The highest BCUT2D eigenvalue weighted by Crippen LogP contribution is 2.59. The predicted molar refractivity (Wildman–Crippen MR) is 144 cm³/mol.